The van der Waals surface area contributed by atoms with Gasteiger partial charge in [-0.1, -0.05) is 22.0 Å². The number of carbonyl (C=O) groups is 2. The number of morpholine rings is 1. The molecular formula is C24H22BrF2N5O4. The number of carbonyl (C=O) groups excluding carboxylic acids is 2. The van der Waals surface area contributed by atoms with Crippen LogP contribution in [0.1, 0.15) is 32.5 Å². The van der Waals surface area contributed by atoms with E-state index in [1.54, 1.807) is 4.90 Å². The highest BCUT2D eigenvalue weighted by atomic mass is 79.9. The fourth-order valence-corrected chi connectivity index (χ4v) is 4.22. The number of hydrogen-bond donors (Lipinski definition) is 3. The van der Waals surface area contributed by atoms with Gasteiger partial charge in [-0.15, -0.1) is 0 Å². The largest absolute Gasteiger partial charge is 0.394 e. The van der Waals surface area contributed by atoms with Gasteiger partial charge in [-0.2, -0.15) is 0 Å². The molecule has 0 spiro atoms. The summed E-state index contributed by atoms with van der Waals surface area (Å²) in [4.78, 5) is 35.4. The van der Waals surface area contributed by atoms with Crippen LogP contribution in [0, 0.1) is 11.6 Å². The molecule has 4 rings (SSSR count). The zero-order valence-corrected chi connectivity index (χ0v) is 20.5. The topological polar surface area (TPSA) is 131 Å². The molecule has 3 aromatic rings. The number of ether oxygens (including phenoxy) is 1. The number of aliphatic hydroxyl groups excluding tert-OH is 1. The molecule has 1 aromatic heterocycles. The number of halogens is 3. The van der Waals surface area contributed by atoms with Crippen molar-refractivity contribution in [2.75, 3.05) is 38.6 Å². The molecule has 0 bridgehead atoms. The smallest absolute Gasteiger partial charge is 0.274 e. The Morgan fingerprint density at radius 2 is 1.94 bits per heavy atom. The average Bonchev–Trinajstić information content (AvgIpc) is 2.86. The van der Waals surface area contributed by atoms with Gasteiger partial charge in [-0.25, -0.2) is 18.7 Å². The van der Waals surface area contributed by atoms with Crippen LogP contribution in [0.5, 0.6) is 0 Å². The van der Waals surface area contributed by atoms with Gasteiger partial charge in [-0.05, 0) is 35.9 Å². The monoisotopic (exact) mass is 561 g/mol. The molecule has 0 unspecified atom stereocenters. The van der Waals surface area contributed by atoms with Gasteiger partial charge < -0.3 is 25.8 Å². The van der Waals surface area contributed by atoms with E-state index in [4.69, 9.17) is 10.5 Å². The third-order valence-corrected chi connectivity index (χ3v) is 6.04. The number of nitrogen functional groups attached to an aromatic ring is 1. The number of anilines is 1. The van der Waals surface area contributed by atoms with Gasteiger partial charge in [0.2, 0.25) is 0 Å². The van der Waals surface area contributed by atoms with Crippen LogP contribution in [0.4, 0.5) is 14.6 Å². The molecule has 1 saturated heterocycles. The Balaban J connectivity index is 1.56. The molecular weight excluding hydrogens is 540 g/mol. The van der Waals surface area contributed by atoms with Crippen LogP contribution in [-0.4, -0.2) is 64.7 Å². The molecule has 0 saturated carbocycles. The Bertz CT molecular complexity index is 1280. The number of aliphatic hydroxyl groups is 1. The van der Waals surface area contributed by atoms with Gasteiger partial charge in [0.15, 0.2) is 0 Å². The molecule has 1 aliphatic heterocycles. The zero-order chi connectivity index (χ0) is 25.8. The molecule has 1 atom stereocenters. The maximum atomic E-state index is 15.0. The van der Waals surface area contributed by atoms with E-state index in [1.807, 2.05) is 0 Å². The maximum Gasteiger partial charge on any atom is 0.274 e. The summed E-state index contributed by atoms with van der Waals surface area (Å²) >= 11 is 3.16. The molecule has 0 radical (unpaired) electrons. The molecule has 4 N–H and O–H groups in total. The summed E-state index contributed by atoms with van der Waals surface area (Å²) in [6.45, 7) is 1.14. The first-order valence-electron chi connectivity index (χ1n) is 10.9. The zero-order valence-electron chi connectivity index (χ0n) is 18.9. The van der Waals surface area contributed by atoms with E-state index in [9.17, 15) is 23.5 Å². The molecule has 188 valence electrons. The summed E-state index contributed by atoms with van der Waals surface area (Å²) in [5, 5.41) is 12.2. The third-order valence-electron chi connectivity index (χ3n) is 5.58. The number of amides is 2. The standard InChI is InChI=1S/C24H22BrF2N5O4/c25-15-7-14(8-16(26)10-15)20(12-33)31-23(34)17-2-1-13(9-18(17)27)21-22(28)29-11-19(30-21)24(35)32-3-5-36-6-4-32/h1-2,7-11,20,33H,3-6,12H2,(H2,28,29)(H,31,34)/t20-/m1/s1. The fraction of sp³-hybridized carbons (Fsp3) is 0.250. The Kier molecular flexibility index (Phi) is 7.87. The second-order valence-corrected chi connectivity index (χ2v) is 8.92. The maximum absolute atomic E-state index is 15.0. The first-order valence-corrected chi connectivity index (χ1v) is 11.7. The van der Waals surface area contributed by atoms with Gasteiger partial charge in [0, 0.05) is 23.1 Å². The van der Waals surface area contributed by atoms with Crippen molar-refractivity contribution in [2.45, 2.75) is 6.04 Å². The van der Waals surface area contributed by atoms with Crippen LogP contribution in [-0.2, 0) is 4.74 Å². The number of aromatic nitrogens is 2. The highest BCUT2D eigenvalue weighted by molar-refractivity contribution is 9.10. The minimum absolute atomic E-state index is 0.0119. The van der Waals surface area contributed by atoms with Crippen molar-refractivity contribution in [3.63, 3.8) is 0 Å². The van der Waals surface area contributed by atoms with Crippen molar-refractivity contribution in [3.05, 3.63) is 75.5 Å². The van der Waals surface area contributed by atoms with Crippen LogP contribution >= 0.6 is 15.9 Å². The number of benzene rings is 2. The summed E-state index contributed by atoms with van der Waals surface area (Å²) in [6.07, 6.45) is 1.26. The van der Waals surface area contributed by atoms with Gasteiger partial charge >= 0.3 is 0 Å². The van der Waals surface area contributed by atoms with E-state index in [1.165, 1.54) is 30.5 Å². The average molecular weight is 562 g/mol. The van der Waals surface area contributed by atoms with Crippen LogP contribution in [0.2, 0.25) is 0 Å². The summed E-state index contributed by atoms with van der Waals surface area (Å²) < 4.78 is 34.4. The van der Waals surface area contributed by atoms with Gasteiger partial charge in [0.25, 0.3) is 11.8 Å². The third kappa shape index (κ3) is 5.66. The van der Waals surface area contributed by atoms with Crippen molar-refractivity contribution in [2.24, 2.45) is 0 Å². The molecule has 0 aliphatic carbocycles. The highest BCUT2D eigenvalue weighted by Gasteiger charge is 2.23. The Morgan fingerprint density at radius 3 is 2.61 bits per heavy atom. The number of nitrogens with zero attached hydrogens (tertiary/aromatic N) is 3. The van der Waals surface area contributed by atoms with E-state index in [0.29, 0.717) is 36.3 Å². The SMILES string of the molecule is Nc1ncc(C(=O)N2CCOCC2)nc1-c1ccc(C(=O)N[C@H](CO)c2cc(F)cc(Br)c2)c(F)c1. The van der Waals surface area contributed by atoms with Crippen LogP contribution in [0.15, 0.2) is 47.1 Å². The number of rotatable bonds is 6. The summed E-state index contributed by atoms with van der Waals surface area (Å²) in [7, 11) is 0. The lowest BCUT2D eigenvalue weighted by Gasteiger charge is -2.26. The molecule has 9 nitrogen and oxygen atoms in total. The first-order chi connectivity index (χ1) is 17.3. The van der Waals surface area contributed by atoms with Gasteiger partial charge in [0.1, 0.15) is 28.8 Å². The van der Waals surface area contributed by atoms with Crippen LogP contribution in [0.25, 0.3) is 11.3 Å². The van der Waals surface area contributed by atoms with Crippen molar-refractivity contribution in [3.8, 4) is 11.3 Å². The Labute approximate surface area is 213 Å². The minimum atomic E-state index is -0.965. The lowest BCUT2D eigenvalue weighted by molar-refractivity contribution is 0.0299. The van der Waals surface area contributed by atoms with E-state index >= 15 is 0 Å². The van der Waals surface area contributed by atoms with E-state index < -0.39 is 30.2 Å². The van der Waals surface area contributed by atoms with Crippen molar-refractivity contribution in [1.82, 2.24) is 20.2 Å². The summed E-state index contributed by atoms with van der Waals surface area (Å²) in [5.41, 5.74) is 6.30. The minimum Gasteiger partial charge on any atom is -0.394 e. The lowest BCUT2D eigenvalue weighted by atomic mass is 10.0. The summed E-state index contributed by atoms with van der Waals surface area (Å²) in [5.74, 6) is -2.61. The van der Waals surface area contributed by atoms with Gasteiger partial charge in [0.05, 0.1) is 37.6 Å². The first kappa shape index (κ1) is 25.6. The molecule has 2 amide bonds. The predicted molar refractivity (Wildman–Crippen MR) is 130 cm³/mol. The molecule has 12 heteroatoms. The Hall–Kier alpha value is -3.48. The van der Waals surface area contributed by atoms with Crippen molar-refractivity contribution in [1.29, 1.82) is 0 Å². The number of hydrogen-bond acceptors (Lipinski definition) is 7. The predicted octanol–water partition coefficient (Wildman–Crippen LogP) is 2.70. The summed E-state index contributed by atoms with van der Waals surface area (Å²) in [6, 6.07) is 6.69. The molecule has 2 aromatic carbocycles. The fourth-order valence-electron chi connectivity index (χ4n) is 3.74. The van der Waals surface area contributed by atoms with Crippen LogP contribution < -0.4 is 11.1 Å². The van der Waals surface area contributed by atoms with Crippen molar-refractivity contribution >= 4 is 33.6 Å². The second kappa shape index (κ2) is 11.1. The van der Waals surface area contributed by atoms with E-state index in [2.05, 4.69) is 31.2 Å². The normalized spacial score (nSPS) is 14.4. The van der Waals surface area contributed by atoms with Gasteiger partial charge in [-0.3, -0.25) is 9.59 Å². The molecule has 2 heterocycles. The number of nitrogens with one attached hydrogen (secondary N) is 1. The molecule has 1 fully saturated rings. The second-order valence-electron chi connectivity index (χ2n) is 8.00. The molecule has 1 aliphatic rings. The van der Waals surface area contributed by atoms with Crippen LogP contribution in [0.3, 0.4) is 0 Å². The number of nitrogens with two attached hydrogens (primary N) is 1. The lowest BCUT2D eigenvalue weighted by Crippen LogP contribution is -2.41. The van der Waals surface area contributed by atoms with Crippen molar-refractivity contribution < 1.29 is 28.2 Å². The quantitative estimate of drug-likeness (QED) is 0.421. The van der Waals surface area contributed by atoms with E-state index in [-0.39, 0.29) is 34.2 Å². The Morgan fingerprint density at radius 1 is 1.19 bits per heavy atom. The molecule has 36 heavy (non-hydrogen) atoms. The van der Waals surface area contributed by atoms with E-state index in [0.717, 1.165) is 12.1 Å². The highest BCUT2D eigenvalue weighted by Crippen LogP contribution is 2.26.